The SMILES string of the molecule is CC(=O)N1CCc2ccc(N(C(=O)C=Cc3ccccn3)C3CCN(Cc4ccccc4)CC3)cc21. The topological polar surface area (TPSA) is 56.8 Å². The van der Waals surface area contributed by atoms with Crippen LogP contribution in [0.4, 0.5) is 11.4 Å². The van der Waals surface area contributed by atoms with E-state index in [1.165, 1.54) is 5.56 Å². The van der Waals surface area contributed by atoms with Gasteiger partial charge in [0.05, 0.1) is 5.69 Å². The van der Waals surface area contributed by atoms with Gasteiger partial charge in [-0.2, -0.15) is 0 Å². The number of pyridine rings is 1. The first kappa shape index (κ1) is 23.9. The summed E-state index contributed by atoms with van der Waals surface area (Å²) in [5.41, 5.74) is 4.99. The van der Waals surface area contributed by atoms with Crippen molar-refractivity contribution < 1.29 is 9.59 Å². The molecule has 0 saturated carbocycles. The van der Waals surface area contributed by atoms with Gasteiger partial charge in [0, 0.05) is 62.8 Å². The number of rotatable bonds is 6. The van der Waals surface area contributed by atoms with Gasteiger partial charge in [-0.1, -0.05) is 42.5 Å². The van der Waals surface area contributed by atoms with Gasteiger partial charge in [-0.15, -0.1) is 0 Å². The summed E-state index contributed by atoms with van der Waals surface area (Å²) in [4.78, 5) is 36.3. The second-order valence-electron chi connectivity index (χ2n) is 9.52. The van der Waals surface area contributed by atoms with Crippen LogP contribution >= 0.6 is 0 Å². The molecule has 2 aromatic carbocycles. The highest BCUT2D eigenvalue weighted by Gasteiger charge is 2.30. The number of carbonyl (C=O) groups is 2. The molecule has 2 amide bonds. The number of likely N-dealkylation sites (tertiary alicyclic amines) is 1. The van der Waals surface area contributed by atoms with Crippen LogP contribution in [0.25, 0.3) is 6.08 Å². The monoisotopic (exact) mass is 480 g/mol. The van der Waals surface area contributed by atoms with Crippen molar-refractivity contribution in [2.45, 2.75) is 38.8 Å². The highest BCUT2D eigenvalue weighted by Crippen LogP contribution is 2.34. The molecule has 3 heterocycles. The lowest BCUT2D eigenvalue weighted by atomic mass is 10.0. The number of benzene rings is 2. The molecule has 2 aliphatic heterocycles. The van der Waals surface area contributed by atoms with E-state index in [1.54, 1.807) is 25.3 Å². The Morgan fingerprint density at radius 2 is 1.78 bits per heavy atom. The summed E-state index contributed by atoms with van der Waals surface area (Å²) in [6.45, 7) is 5.07. The molecule has 0 bridgehead atoms. The van der Waals surface area contributed by atoms with Crippen LogP contribution in [0.5, 0.6) is 0 Å². The van der Waals surface area contributed by atoms with Crippen LogP contribution < -0.4 is 9.80 Å². The van der Waals surface area contributed by atoms with Crippen LogP contribution in [-0.4, -0.2) is 47.4 Å². The largest absolute Gasteiger partial charge is 0.312 e. The van der Waals surface area contributed by atoms with Crippen molar-refractivity contribution in [2.75, 3.05) is 29.4 Å². The average Bonchev–Trinajstić information content (AvgIpc) is 3.34. The first-order valence-corrected chi connectivity index (χ1v) is 12.7. The second-order valence-corrected chi connectivity index (χ2v) is 9.52. The molecule has 1 saturated heterocycles. The van der Waals surface area contributed by atoms with Crippen LogP contribution in [0, 0.1) is 0 Å². The zero-order valence-corrected chi connectivity index (χ0v) is 20.7. The Bertz CT molecular complexity index is 1230. The molecule has 2 aliphatic rings. The summed E-state index contributed by atoms with van der Waals surface area (Å²) >= 11 is 0. The van der Waals surface area contributed by atoms with Crippen molar-refractivity contribution in [1.29, 1.82) is 0 Å². The quantitative estimate of drug-likeness (QED) is 0.480. The summed E-state index contributed by atoms with van der Waals surface area (Å²) in [5.74, 6) is -0.0254. The number of aromatic nitrogens is 1. The molecular weight excluding hydrogens is 448 g/mol. The fourth-order valence-electron chi connectivity index (χ4n) is 5.25. The molecule has 1 fully saturated rings. The summed E-state index contributed by atoms with van der Waals surface area (Å²) in [5, 5.41) is 0. The predicted octanol–water partition coefficient (Wildman–Crippen LogP) is 4.70. The lowest BCUT2D eigenvalue weighted by molar-refractivity contribution is -0.116. The Hall–Kier alpha value is -3.77. The third-order valence-corrected chi connectivity index (χ3v) is 7.12. The highest BCUT2D eigenvalue weighted by molar-refractivity contribution is 6.05. The maximum Gasteiger partial charge on any atom is 0.251 e. The van der Waals surface area contributed by atoms with E-state index in [4.69, 9.17) is 0 Å². The van der Waals surface area contributed by atoms with Gasteiger partial charge in [0.1, 0.15) is 0 Å². The fraction of sp³-hybridized carbons (Fsp3) is 0.300. The Morgan fingerprint density at radius 3 is 2.50 bits per heavy atom. The molecule has 0 unspecified atom stereocenters. The smallest absolute Gasteiger partial charge is 0.251 e. The van der Waals surface area contributed by atoms with Crippen molar-refractivity contribution in [1.82, 2.24) is 9.88 Å². The van der Waals surface area contributed by atoms with E-state index < -0.39 is 0 Å². The number of anilines is 2. The van der Waals surface area contributed by atoms with Gasteiger partial charge in [0.15, 0.2) is 0 Å². The molecule has 5 rings (SSSR count). The maximum absolute atomic E-state index is 13.6. The van der Waals surface area contributed by atoms with E-state index in [2.05, 4.69) is 40.2 Å². The van der Waals surface area contributed by atoms with Crippen LogP contribution in [-0.2, 0) is 22.6 Å². The molecule has 36 heavy (non-hydrogen) atoms. The molecule has 0 N–H and O–H groups in total. The Labute approximate surface area is 212 Å². The molecule has 0 aliphatic carbocycles. The summed E-state index contributed by atoms with van der Waals surface area (Å²) in [6.07, 6.45) is 7.75. The minimum atomic E-state index is -0.0607. The van der Waals surface area contributed by atoms with Crippen LogP contribution in [0.3, 0.4) is 0 Å². The van der Waals surface area contributed by atoms with Crippen molar-refractivity contribution in [3.63, 3.8) is 0 Å². The van der Waals surface area contributed by atoms with Gasteiger partial charge in [-0.05, 0) is 60.7 Å². The van der Waals surface area contributed by atoms with E-state index in [1.807, 2.05) is 46.2 Å². The molecule has 3 aromatic rings. The van der Waals surface area contributed by atoms with Gasteiger partial charge in [-0.3, -0.25) is 19.5 Å². The summed E-state index contributed by atoms with van der Waals surface area (Å²) in [7, 11) is 0. The van der Waals surface area contributed by atoms with Gasteiger partial charge in [-0.25, -0.2) is 0 Å². The Kier molecular flexibility index (Phi) is 7.23. The van der Waals surface area contributed by atoms with Crippen LogP contribution in [0.2, 0.25) is 0 Å². The predicted molar refractivity (Wildman–Crippen MR) is 144 cm³/mol. The summed E-state index contributed by atoms with van der Waals surface area (Å²) < 4.78 is 0. The minimum absolute atomic E-state index is 0.0352. The first-order chi connectivity index (χ1) is 17.6. The van der Waals surface area contributed by atoms with Gasteiger partial charge in [0.25, 0.3) is 5.91 Å². The molecule has 6 nitrogen and oxygen atoms in total. The number of amides is 2. The van der Waals surface area contributed by atoms with Crippen LogP contribution in [0.1, 0.15) is 36.6 Å². The number of nitrogens with zero attached hydrogens (tertiary/aromatic N) is 4. The highest BCUT2D eigenvalue weighted by atomic mass is 16.2. The van der Waals surface area contributed by atoms with E-state index in [9.17, 15) is 9.59 Å². The number of piperidine rings is 1. The van der Waals surface area contributed by atoms with E-state index in [0.29, 0.717) is 6.54 Å². The maximum atomic E-state index is 13.6. The van der Waals surface area contributed by atoms with Crippen molar-refractivity contribution >= 4 is 29.3 Å². The van der Waals surface area contributed by atoms with E-state index in [-0.39, 0.29) is 17.9 Å². The third-order valence-electron chi connectivity index (χ3n) is 7.12. The molecule has 184 valence electrons. The molecule has 1 aromatic heterocycles. The van der Waals surface area contributed by atoms with Crippen molar-refractivity contribution in [2.24, 2.45) is 0 Å². The van der Waals surface area contributed by atoms with Gasteiger partial charge < -0.3 is 9.80 Å². The number of hydrogen-bond donors (Lipinski definition) is 0. The van der Waals surface area contributed by atoms with Crippen LogP contribution in [0.15, 0.2) is 79.0 Å². The van der Waals surface area contributed by atoms with Crippen molar-refractivity contribution in [3.8, 4) is 0 Å². The Balaban J connectivity index is 1.38. The number of fused-ring (bicyclic) bond motifs is 1. The molecule has 0 radical (unpaired) electrons. The lowest BCUT2D eigenvalue weighted by Crippen LogP contribution is -2.47. The minimum Gasteiger partial charge on any atom is -0.312 e. The zero-order chi connectivity index (χ0) is 24.9. The fourth-order valence-corrected chi connectivity index (χ4v) is 5.25. The molecule has 0 spiro atoms. The van der Waals surface area contributed by atoms with Crippen molar-refractivity contribution in [3.05, 3.63) is 95.8 Å². The van der Waals surface area contributed by atoms with E-state index in [0.717, 1.165) is 61.5 Å². The standard InChI is InChI=1S/C30H32N4O2/c1-23(35)33-20-14-25-10-12-28(21-29(25)33)34(30(36)13-11-26-9-5-6-17-31-26)27-15-18-32(19-16-27)22-24-7-3-2-4-8-24/h2-13,17,21,27H,14-16,18-20,22H2,1H3. The number of carbonyl (C=O) groups excluding carboxylic acids is 2. The zero-order valence-electron chi connectivity index (χ0n) is 20.7. The molecular formula is C30H32N4O2. The second kappa shape index (κ2) is 10.9. The first-order valence-electron chi connectivity index (χ1n) is 12.7. The van der Waals surface area contributed by atoms with Gasteiger partial charge >= 0.3 is 0 Å². The van der Waals surface area contributed by atoms with E-state index >= 15 is 0 Å². The Morgan fingerprint density at radius 1 is 1.00 bits per heavy atom. The normalized spacial score (nSPS) is 16.3. The van der Waals surface area contributed by atoms with Gasteiger partial charge in [0.2, 0.25) is 5.91 Å². The average molecular weight is 481 g/mol. The molecule has 0 atom stereocenters. The molecule has 6 heteroatoms. The lowest BCUT2D eigenvalue weighted by Gasteiger charge is -2.38. The summed E-state index contributed by atoms with van der Waals surface area (Å²) in [6, 6.07) is 22.4. The third kappa shape index (κ3) is 5.39. The number of hydrogen-bond acceptors (Lipinski definition) is 4.